The molecular formula is C15H16N2O5. The highest BCUT2D eigenvalue weighted by Gasteiger charge is 2.24. The Morgan fingerprint density at radius 1 is 1.32 bits per heavy atom. The van der Waals surface area contributed by atoms with Crippen LogP contribution in [-0.2, 0) is 4.74 Å². The molecular weight excluding hydrogens is 288 g/mol. The molecule has 1 aromatic carbocycles. The zero-order valence-corrected chi connectivity index (χ0v) is 12.5. The Kier molecular flexibility index (Phi) is 4.77. The highest BCUT2D eigenvalue weighted by atomic mass is 16.5. The second-order valence-electron chi connectivity index (χ2n) is 4.35. The van der Waals surface area contributed by atoms with Crippen molar-refractivity contribution in [2.45, 2.75) is 13.8 Å². The van der Waals surface area contributed by atoms with E-state index in [-0.39, 0.29) is 18.1 Å². The average molecular weight is 304 g/mol. The van der Waals surface area contributed by atoms with Gasteiger partial charge in [0.1, 0.15) is 11.3 Å². The van der Waals surface area contributed by atoms with Gasteiger partial charge in [0, 0.05) is 0 Å². The lowest BCUT2D eigenvalue weighted by Gasteiger charge is -2.08. The number of rotatable bonds is 5. The van der Waals surface area contributed by atoms with Crippen LogP contribution in [0, 0.1) is 6.92 Å². The molecule has 0 bridgehead atoms. The minimum atomic E-state index is -0.600. The molecule has 2 aromatic rings. The molecule has 1 heterocycles. The van der Waals surface area contributed by atoms with Crippen molar-refractivity contribution >= 4 is 17.8 Å². The maximum atomic E-state index is 12.3. The van der Waals surface area contributed by atoms with E-state index in [4.69, 9.17) is 14.0 Å². The Morgan fingerprint density at radius 2 is 2.05 bits per heavy atom. The summed E-state index contributed by atoms with van der Waals surface area (Å²) in [5.74, 6) is -0.712. The van der Waals surface area contributed by atoms with Crippen molar-refractivity contribution in [3.8, 4) is 5.75 Å². The molecule has 1 amide bonds. The molecule has 0 fully saturated rings. The van der Waals surface area contributed by atoms with Crippen LogP contribution in [0.3, 0.4) is 0 Å². The molecule has 22 heavy (non-hydrogen) atoms. The summed E-state index contributed by atoms with van der Waals surface area (Å²) in [5, 5.41) is 6.20. The maximum Gasteiger partial charge on any atom is 0.345 e. The van der Waals surface area contributed by atoms with Gasteiger partial charge in [-0.05, 0) is 26.0 Å². The first kappa shape index (κ1) is 15.6. The van der Waals surface area contributed by atoms with E-state index in [0.29, 0.717) is 17.0 Å². The number of amides is 1. The molecule has 116 valence electrons. The molecule has 2 rings (SSSR count). The summed E-state index contributed by atoms with van der Waals surface area (Å²) >= 11 is 0. The van der Waals surface area contributed by atoms with Gasteiger partial charge in [-0.2, -0.15) is 0 Å². The van der Waals surface area contributed by atoms with E-state index in [9.17, 15) is 9.59 Å². The second kappa shape index (κ2) is 6.75. The molecule has 0 unspecified atom stereocenters. The third-order valence-corrected chi connectivity index (χ3v) is 2.92. The van der Waals surface area contributed by atoms with Crippen LogP contribution < -0.4 is 10.1 Å². The fourth-order valence-corrected chi connectivity index (χ4v) is 1.90. The summed E-state index contributed by atoms with van der Waals surface area (Å²) in [6, 6.07) is 6.71. The van der Waals surface area contributed by atoms with Gasteiger partial charge in [-0.3, -0.25) is 10.1 Å². The molecule has 0 radical (unpaired) electrons. The van der Waals surface area contributed by atoms with Crippen LogP contribution in [0.25, 0.3) is 0 Å². The molecule has 0 aliphatic rings. The molecule has 1 N–H and O–H groups in total. The van der Waals surface area contributed by atoms with Crippen LogP contribution in [-0.4, -0.2) is 30.7 Å². The second-order valence-corrected chi connectivity index (χ2v) is 4.35. The molecule has 1 aromatic heterocycles. The fourth-order valence-electron chi connectivity index (χ4n) is 1.90. The summed E-state index contributed by atoms with van der Waals surface area (Å²) in [5.41, 5.74) is 0.757. The van der Waals surface area contributed by atoms with Gasteiger partial charge in [-0.15, -0.1) is 0 Å². The van der Waals surface area contributed by atoms with E-state index in [0.717, 1.165) is 0 Å². The number of anilines is 1. The van der Waals surface area contributed by atoms with Crippen molar-refractivity contribution in [1.82, 2.24) is 5.16 Å². The Balaban J connectivity index is 2.28. The highest BCUT2D eigenvalue weighted by Crippen LogP contribution is 2.23. The number of para-hydroxylation sites is 1. The Morgan fingerprint density at radius 3 is 2.73 bits per heavy atom. The number of hydrogen-bond donors (Lipinski definition) is 1. The number of nitrogens with one attached hydrogen (secondary N) is 1. The molecule has 0 saturated heterocycles. The van der Waals surface area contributed by atoms with E-state index in [1.54, 1.807) is 38.1 Å². The zero-order valence-electron chi connectivity index (χ0n) is 12.5. The summed E-state index contributed by atoms with van der Waals surface area (Å²) in [4.78, 5) is 24.2. The number of carbonyl (C=O) groups is 2. The molecule has 0 aliphatic heterocycles. The van der Waals surface area contributed by atoms with Crippen LogP contribution in [0.4, 0.5) is 5.88 Å². The van der Waals surface area contributed by atoms with E-state index >= 15 is 0 Å². The van der Waals surface area contributed by atoms with Gasteiger partial charge in [0.15, 0.2) is 0 Å². The van der Waals surface area contributed by atoms with Gasteiger partial charge in [0.25, 0.3) is 5.91 Å². The van der Waals surface area contributed by atoms with Crippen molar-refractivity contribution in [3.05, 3.63) is 41.1 Å². The number of carbonyl (C=O) groups excluding carboxylic acids is 2. The molecule has 0 aliphatic carbocycles. The van der Waals surface area contributed by atoms with Gasteiger partial charge in [0.05, 0.1) is 25.0 Å². The molecule has 7 heteroatoms. The van der Waals surface area contributed by atoms with Crippen LogP contribution in [0.2, 0.25) is 0 Å². The summed E-state index contributed by atoms with van der Waals surface area (Å²) in [6.45, 7) is 3.49. The molecule has 0 spiro atoms. The van der Waals surface area contributed by atoms with Crippen molar-refractivity contribution in [2.24, 2.45) is 0 Å². The van der Waals surface area contributed by atoms with E-state index < -0.39 is 11.9 Å². The number of benzene rings is 1. The van der Waals surface area contributed by atoms with Crippen LogP contribution in [0.5, 0.6) is 5.75 Å². The minimum Gasteiger partial charge on any atom is -0.496 e. The lowest BCUT2D eigenvalue weighted by atomic mass is 10.2. The number of ether oxygens (including phenoxy) is 2. The van der Waals surface area contributed by atoms with Gasteiger partial charge >= 0.3 is 5.97 Å². The summed E-state index contributed by atoms with van der Waals surface area (Å²) in [6.07, 6.45) is 0. The highest BCUT2D eigenvalue weighted by molar-refractivity contribution is 6.08. The standard InChI is InChI=1S/C15H16N2O5/c1-4-21-15(19)12-9(2)17-22-14(12)16-13(18)10-7-5-6-8-11(10)20-3/h5-8H,4H2,1-3H3,(H,16,18). The Hall–Kier alpha value is -2.83. The van der Waals surface area contributed by atoms with Crippen molar-refractivity contribution < 1.29 is 23.6 Å². The first-order valence-corrected chi connectivity index (χ1v) is 6.66. The number of nitrogens with zero attached hydrogens (tertiary/aromatic N) is 1. The van der Waals surface area contributed by atoms with Gasteiger partial charge < -0.3 is 14.0 Å². The summed E-state index contributed by atoms with van der Waals surface area (Å²) < 4.78 is 15.1. The molecule has 0 atom stereocenters. The number of hydrogen-bond acceptors (Lipinski definition) is 6. The normalized spacial score (nSPS) is 10.1. The first-order chi connectivity index (χ1) is 10.6. The van der Waals surface area contributed by atoms with E-state index in [2.05, 4.69) is 10.5 Å². The average Bonchev–Trinajstić information content (AvgIpc) is 2.88. The Bertz CT molecular complexity index is 693. The quantitative estimate of drug-likeness (QED) is 0.853. The number of aromatic nitrogens is 1. The van der Waals surface area contributed by atoms with Crippen LogP contribution in [0.15, 0.2) is 28.8 Å². The van der Waals surface area contributed by atoms with E-state index in [1.807, 2.05) is 0 Å². The monoisotopic (exact) mass is 304 g/mol. The maximum absolute atomic E-state index is 12.3. The SMILES string of the molecule is CCOC(=O)c1c(C)noc1NC(=O)c1ccccc1OC. The third-order valence-electron chi connectivity index (χ3n) is 2.92. The third kappa shape index (κ3) is 3.08. The van der Waals surface area contributed by atoms with Gasteiger partial charge in [-0.25, -0.2) is 4.79 Å². The van der Waals surface area contributed by atoms with Crippen LogP contribution in [0.1, 0.15) is 33.3 Å². The van der Waals surface area contributed by atoms with Gasteiger partial charge in [0.2, 0.25) is 5.88 Å². The predicted octanol–water partition coefficient (Wildman–Crippen LogP) is 2.42. The lowest BCUT2D eigenvalue weighted by Crippen LogP contribution is -2.16. The predicted molar refractivity (Wildman–Crippen MR) is 78.1 cm³/mol. The van der Waals surface area contributed by atoms with Crippen LogP contribution >= 0.6 is 0 Å². The molecule has 7 nitrogen and oxygen atoms in total. The minimum absolute atomic E-state index is 0.0492. The Labute approximate surface area is 127 Å². The lowest BCUT2D eigenvalue weighted by molar-refractivity contribution is 0.0526. The van der Waals surface area contributed by atoms with E-state index in [1.165, 1.54) is 7.11 Å². The first-order valence-electron chi connectivity index (χ1n) is 6.66. The largest absolute Gasteiger partial charge is 0.496 e. The van der Waals surface area contributed by atoms with Gasteiger partial charge in [-0.1, -0.05) is 17.3 Å². The number of esters is 1. The number of aryl methyl sites for hydroxylation is 1. The summed E-state index contributed by atoms with van der Waals surface area (Å²) in [7, 11) is 1.47. The van der Waals surface area contributed by atoms with Crippen molar-refractivity contribution in [3.63, 3.8) is 0 Å². The number of methoxy groups -OCH3 is 1. The fraction of sp³-hybridized carbons (Fsp3) is 0.267. The molecule has 0 saturated carbocycles. The zero-order chi connectivity index (χ0) is 16.1. The smallest absolute Gasteiger partial charge is 0.345 e. The van der Waals surface area contributed by atoms with Crippen molar-refractivity contribution in [2.75, 3.05) is 19.0 Å². The van der Waals surface area contributed by atoms with Crippen molar-refractivity contribution in [1.29, 1.82) is 0 Å². The topological polar surface area (TPSA) is 90.7 Å².